The number of benzene rings is 1. The van der Waals surface area contributed by atoms with E-state index in [-0.39, 0.29) is 4.90 Å². The van der Waals surface area contributed by atoms with Crippen molar-refractivity contribution in [1.82, 2.24) is 0 Å². The Morgan fingerprint density at radius 1 is 1.42 bits per heavy atom. The van der Waals surface area contributed by atoms with E-state index in [0.717, 1.165) is 30.0 Å². The average Bonchev–Trinajstić information content (AvgIpc) is 2.07. The lowest BCUT2D eigenvalue weighted by molar-refractivity contribution is 0.577. The highest BCUT2D eigenvalue weighted by atomic mass is 32.2. The van der Waals surface area contributed by atoms with E-state index in [4.69, 9.17) is 6.42 Å². The van der Waals surface area contributed by atoms with E-state index in [1.165, 1.54) is 0 Å². The highest BCUT2D eigenvalue weighted by molar-refractivity contribution is 7.99. The molecule has 3 heteroatoms. The Morgan fingerprint density at radius 3 is 2.83 bits per heavy atom. The Balaban J connectivity index is 2.84. The summed E-state index contributed by atoms with van der Waals surface area (Å²) >= 11 is 1.11. The van der Waals surface area contributed by atoms with E-state index >= 15 is 0 Å². The largest absolute Gasteiger partial charge is 0.207 e. The lowest BCUT2D eigenvalue weighted by Gasteiger charge is -1.98. The molecule has 0 aliphatic rings. The fourth-order valence-electron chi connectivity index (χ4n) is 0.707. The predicted molar refractivity (Wildman–Crippen MR) is 45.9 cm³/mol. The molecule has 1 aromatic rings. The molecule has 12 heavy (non-hydrogen) atoms. The Morgan fingerprint density at radius 2 is 2.17 bits per heavy atom. The molecular formula is C9H6F2S. The van der Waals surface area contributed by atoms with Crippen molar-refractivity contribution >= 4 is 11.8 Å². The maximum absolute atomic E-state index is 12.8. The van der Waals surface area contributed by atoms with E-state index in [1.54, 1.807) is 0 Å². The Labute approximate surface area is 74.0 Å². The van der Waals surface area contributed by atoms with Crippen LogP contribution in [0, 0.1) is 24.0 Å². The van der Waals surface area contributed by atoms with E-state index < -0.39 is 11.6 Å². The van der Waals surface area contributed by atoms with Gasteiger partial charge in [-0.05, 0) is 18.2 Å². The Bertz CT molecular complexity index is 315. The van der Waals surface area contributed by atoms with Crippen molar-refractivity contribution in [3.05, 3.63) is 29.8 Å². The summed E-state index contributed by atoms with van der Waals surface area (Å²) in [5, 5.41) is 0. The summed E-state index contributed by atoms with van der Waals surface area (Å²) < 4.78 is 25.4. The fourth-order valence-corrected chi connectivity index (χ4v) is 1.35. The van der Waals surface area contributed by atoms with Crippen LogP contribution in [0.2, 0.25) is 0 Å². The molecule has 0 unspecified atom stereocenters. The van der Waals surface area contributed by atoms with E-state index in [9.17, 15) is 8.78 Å². The summed E-state index contributed by atoms with van der Waals surface area (Å²) in [6.45, 7) is 0. The average molecular weight is 184 g/mol. The highest BCUT2D eigenvalue weighted by Crippen LogP contribution is 2.21. The van der Waals surface area contributed by atoms with Crippen molar-refractivity contribution < 1.29 is 8.78 Å². The summed E-state index contributed by atoms with van der Waals surface area (Å²) in [6, 6.07) is 3.31. The standard InChI is InChI=1S/C9H6F2S/c1-2-5-12-9-6-7(10)3-4-8(9)11/h1,3-4,6H,5H2. The number of halogens is 2. The van der Waals surface area contributed by atoms with Crippen LogP contribution >= 0.6 is 11.8 Å². The number of rotatable bonds is 2. The molecule has 0 aliphatic carbocycles. The van der Waals surface area contributed by atoms with E-state index in [0.29, 0.717) is 5.75 Å². The summed E-state index contributed by atoms with van der Waals surface area (Å²) in [7, 11) is 0. The zero-order valence-corrected chi connectivity index (χ0v) is 7.00. The van der Waals surface area contributed by atoms with Crippen molar-refractivity contribution in [3.63, 3.8) is 0 Å². The molecule has 0 bridgehead atoms. The van der Waals surface area contributed by atoms with Crippen molar-refractivity contribution in [2.75, 3.05) is 5.75 Å². The first-order valence-electron chi connectivity index (χ1n) is 3.25. The Kier molecular flexibility index (Phi) is 3.12. The molecule has 0 fully saturated rings. The molecule has 0 heterocycles. The van der Waals surface area contributed by atoms with Crippen LogP contribution in [0.5, 0.6) is 0 Å². The van der Waals surface area contributed by atoms with Crippen LogP contribution in [-0.2, 0) is 0 Å². The molecule has 0 aromatic heterocycles. The second-order valence-corrected chi connectivity index (χ2v) is 3.08. The molecule has 0 saturated carbocycles. The van der Waals surface area contributed by atoms with Crippen LogP contribution in [0.3, 0.4) is 0 Å². The van der Waals surface area contributed by atoms with Crippen LogP contribution in [0.15, 0.2) is 23.1 Å². The van der Waals surface area contributed by atoms with E-state index in [2.05, 4.69) is 5.92 Å². The lowest BCUT2D eigenvalue weighted by Crippen LogP contribution is -1.83. The van der Waals surface area contributed by atoms with Gasteiger partial charge in [0.1, 0.15) is 11.6 Å². The summed E-state index contributed by atoms with van der Waals surface area (Å²) in [5.74, 6) is 1.80. The SMILES string of the molecule is C#CCSc1cc(F)ccc1F. The third kappa shape index (κ3) is 2.24. The van der Waals surface area contributed by atoms with Gasteiger partial charge in [-0.3, -0.25) is 0 Å². The fraction of sp³-hybridized carbons (Fsp3) is 0.111. The predicted octanol–water partition coefficient (Wildman–Crippen LogP) is 2.69. The number of terminal acetylenes is 1. The lowest BCUT2D eigenvalue weighted by atomic mass is 10.3. The van der Waals surface area contributed by atoms with Crippen LogP contribution in [0.25, 0.3) is 0 Å². The normalized spacial score (nSPS) is 9.42. The van der Waals surface area contributed by atoms with Gasteiger partial charge in [0.05, 0.1) is 5.75 Å². The molecule has 0 saturated heterocycles. The highest BCUT2D eigenvalue weighted by Gasteiger charge is 2.02. The first-order valence-corrected chi connectivity index (χ1v) is 4.24. The molecule has 0 nitrogen and oxygen atoms in total. The van der Waals surface area contributed by atoms with Gasteiger partial charge in [-0.15, -0.1) is 18.2 Å². The second-order valence-electron chi connectivity index (χ2n) is 2.07. The first-order chi connectivity index (χ1) is 5.74. The van der Waals surface area contributed by atoms with Crippen LogP contribution < -0.4 is 0 Å². The molecule has 62 valence electrons. The van der Waals surface area contributed by atoms with Gasteiger partial charge in [0.25, 0.3) is 0 Å². The number of hydrogen-bond donors (Lipinski definition) is 0. The molecular weight excluding hydrogens is 178 g/mol. The summed E-state index contributed by atoms with van der Waals surface area (Å²) in [6.07, 6.45) is 4.98. The third-order valence-electron chi connectivity index (χ3n) is 1.20. The zero-order valence-electron chi connectivity index (χ0n) is 6.18. The quantitative estimate of drug-likeness (QED) is 0.503. The Hall–Kier alpha value is -1.01. The molecule has 0 N–H and O–H groups in total. The minimum atomic E-state index is -0.448. The summed E-state index contributed by atoms with van der Waals surface area (Å²) in [5.41, 5.74) is 0. The molecule has 0 atom stereocenters. The maximum Gasteiger partial charge on any atom is 0.136 e. The van der Waals surface area contributed by atoms with Crippen LogP contribution in [0.4, 0.5) is 8.78 Å². The summed E-state index contributed by atoms with van der Waals surface area (Å²) in [4.78, 5) is 0.257. The van der Waals surface area contributed by atoms with Crippen molar-refractivity contribution in [2.24, 2.45) is 0 Å². The van der Waals surface area contributed by atoms with Gasteiger partial charge in [0, 0.05) is 4.90 Å². The smallest absolute Gasteiger partial charge is 0.136 e. The topological polar surface area (TPSA) is 0 Å². The van der Waals surface area contributed by atoms with Crippen LogP contribution in [-0.4, -0.2) is 5.75 Å². The molecule has 0 aliphatic heterocycles. The van der Waals surface area contributed by atoms with Crippen molar-refractivity contribution in [3.8, 4) is 12.3 Å². The molecule has 0 spiro atoms. The minimum Gasteiger partial charge on any atom is -0.207 e. The molecule has 0 amide bonds. The monoisotopic (exact) mass is 184 g/mol. The van der Waals surface area contributed by atoms with Crippen molar-refractivity contribution in [1.29, 1.82) is 0 Å². The molecule has 1 aromatic carbocycles. The molecule has 1 rings (SSSR count). The second kappa shape index (κ2) is 4.13. The number of thioether (sulfide) groups is 1. The van der Waals surface area contributed by atoms with Gasteiger partial charge in [0.2, 0.25) is 0 Å². The van der Waals surface area contributed by atoms with Gasteiger partial charge in [-0.1, -0.05) is 5.92 Å². The zero-order chi connectivity index (χ0) is 8.97. The van der Waals surface area contributed by atoms with Gasteiger partial charge < -0.3 is 0 Å². The third-order valence-corrected chi connectivity index (χ3v) is 2.14. The number of hydrogen-bond acceptors (Lipinski definition) is 1. The van der Waals surface area contributed by atoms with Gasteiger partial charge in [0.15, 0.2) is 0 Å². The van der Waals surface area contributed by atoms with Gasteiger partial charge >= 0.3 is 0 Å². The van der Waals surface area contributed by atoms with Gasteiger partial charge in [-0.25, -0.2) is 8.78 Å². The van der Waals surface area contributed by atoms with E-state index in [1.807, 2.05) is 0 Å². The van der Waals surface area contributed by atoms with Crippen molar-refractivity contribution in [2.45, 2.75) is 4.90 Å². The maximum atomic E-state index is 12.8. The van der Waals surface area contributed by atoms with Crippen LogP contribution in [0.1, 0.15) is 0 Å². The molecule has 0 radical (unpaired) electrons. The first kappa shape index (κ1) is 9.08. The minimum absolute atomic E-state index is 0.257. The van der Waals surface area contributed by atoms with Gasteiger partial charge in [-0.2, -0.15) is 0 Å².